The summed E-state index contributed by atoms with van der Waals surface area (Å²) in [5.41, 5.74) is 7.39. The number of hydrogen-bond acceptors (Lipinski definition) is 2. The smallest absolute Gasteiger partial charge is 0.248 e. The number of benzene rings is 1. The Bertz CT molecular complexity index is 688. The molecule has 0 radical (unpaired) electrons. The Balaban J connectivity index is 1.85. The van der Waals surface area contributed by atoms with Gasteiger partial charge in [0.25, 0.3) is 0 Å². The summed E-state index contributed by atoms with van der Waals surface area (Å²) in [4.78, 5) is 22.6. The maximum Gasteiger partial charge on any atom is 0.248 e. The first-order valence-corrected chi connectivity index (χ1v) is 7.96. The number of halogens is 1. The quantitative estimate of drug-likeness (QED) is 0.751. The number of carbonyl (C=O) groups is 2. The summed E-state index contributed by atoms with van der Waals surface area (Å²) in [5, 5.41) is 2.73. The molecule has 0 aliphatic heterocycles. The molecule has 0 saturated heterocycles. The van der Waals surface area contributed by atoms with Crippen LogP contribution in [0.5, 0.6) is 0 Å². The molecule has 1 aliphatic carbocycles. The number of primary amides is 1. The zero-order chi connectivity index (χ0) is 17.4. The summed E-state index contributed by atoms with van der Waals surface area (Å²) in [7, 11) is 0. The van der Waals surface area contributed by atoms with Gasteiger partial charge in [-0.2, -0.15) is 0 Å². The van der Waals surface area contributed by atoms with Crippen molar-refractivity contribution in [3.63, 3.8) is 0 Å². The highest BCUT2D eigenvalue weighted by molar-refractivity contribution is 5.99. The van der Waals surface area contributed by atoms with Gasteiger partial charge in [0.15, 0.2) is 0 Å². The lowest BCUT2D eigenvalue weighted by Gasteiger charge is -2.06. The Labute approximate surface area is 140 Å². The third-order valence-electron chi connectivity index (χ3n) is 3.70. The van der Waals surface area contributed by atoms with Crippen molar-refractivity contribution in [2.45, 2.75) is 32.1 Å². The molecule has 0 aromatic heterocycles. The van der Waals surface area contributed by atoms with E-state index in [1.54, 1.807) is 18.2 Å². The van der Waals surface area contributed by atoms with Gasteiger partial charge in [-0.1, -0.05) is 24.3 Å². The van der Waals surface area contributed by atoms with Crippen LogP contribution < -0.4 is 11.1 Å². The molecule has 0 unspecified atom stereocenters. The van der Waals surface area contributed by atoms with Gasteiger partial charge in [-0.3, -0.25) is 9.59 Å². The Morgan fingerprint density at radius 3 is 2.67 bits per heavy atom. The third-order valence-corrected chi connectivity index (χ3v) is 3.70. The maximum atomic E-state index is 13.5. The highest BCUT2D eigenvalue weighted by atomic mass is 19.1. The van der Waals surface area contributed by atoms with Crippen molar-refractivity contribution in [1.29, 1.82) is 0 Å². The Hall–Kier alpha value is -2.69. The zero-order valence-electron chi connectivity index (χ0n) is 13.4. The van der Waals surface area contributed by atoms with Gasteiger partial charge in [-0.25, -0.2) is 4.39 Å². The van der Waals surface area contributed by atoms with Gasteiger partial charge in [0, 0.05) is 18.2 Å². The maximum absolute atomic E-state index is 13.5. The van der Waals surface area contributed by atoms with Crippen molar-refractivity contribution >= 4 is 17.5 Å². The number of anilines is 1. The Morgan fingerprint density at radius 2 is 2.00 bits per heavy atom. The lowest BCUT2D eigenvalue weighted by molar-refractivity contribution is -0.118. The monoisotopic (exact) mass is 328 g/mol. The number of amides is 2. The molecule has 0 bridgehead atoms. The predicted molar refractivity (Wildman–Crippen MR) is 92.9 cm³/mol. The first-order valence-electron chi connectivity index (χ1n) is 7.96. The van der Waals surface area contributed by atoms with E-state index in [0.717, 1.165) is 18.4 Å². The number of nitrogens with one attached hydrogen (secondary N) is 1. The number of rotatable bonds is 7. The van der Waals surface area contributed by atoms with Crippen molar-refractivity contribution in [3.05, 3.63) is 65.5 Å². The molecular weight excluding hydrogens is 307 g/mol. The van der Waals surface area contributed by atoms with E-state index in [0.29, 0.717) is 30.5 Å². The molecule has 126 valence electrons. The second-order valence-electron chi connectivity index (χ2n) is 5.65. The van der Waals surface area contributed by atoms with Gasteiger partial charge in [0.05, 0.1) is 0 Å². The molecule has 5 heteroatoms. The molecule has 1 aromatic carbocycles. The molecule has 0 spiro atoms. The predicted octanol–water partition coefficient (Wildman–Crippen LogP) is 3.56. The first-order chi connectivity index (χ1) is 11.5. The summed E-state index contributed by atoms with van der Waals surface area (Å²) in [6.45, 7) is 0. The Kier molecular flexibility index (Phi) is 6.49. The van der Waals surface area contributed by atoms with Crippen LogP contribution in [0.15, 0.2) is 60.0 Å². The highest BCUT2D eigenvalue weighted by Gasteiger charge is 2.06. The van der Waals surface area contributed by atoms with Crippen LogP contribution in [0.2, 0.25) is 0 Å². The van der Waals surface area contributed by atoms with E-state index in [1.807, 2.05) is 12.1 Å². The van der Waals surface area contributed by atoms with Gasteiger partial charge < -0.3 is 11.1 Å². The minimum atomic E-state index is -0.300. The van der Waals surface area contributed by atoms with Crippen molar-refractivity contribution in [2.24, 2.45) is 5.73 Å². The molecule has 4 nitrogen and oxygen atoms in total. The van der Waals surface area contributed by atoms with E-state index in [-0.39, 0.29) is 17.6 Å². The molecule has 1 aromatic rings. The van der Waals surface area contributed by atoms with Crippen molar-refractivity contribution < 1.29 is 14.0 Å². The first kappa shape index (κ1) is 17.7. The fourth-order valence-corrected chi connectivity index (χ4v) is 2.40. The zero-order valence-corrected chi connectivity index (χ0v) is 13.4. The number of hydrogen-bond donors (Lipinski definition) is 2. The molecule has 0 saturated carbocycles. The van der Waals surface area contributed by atoms with E-state index < -0.39 is 0 Å². The van der Waals surface area contributed by atoms with E-state index in [2.05, 4.69) is 5.32 Å². The van der Waals surface area contributed by atoms with E-state index in [1.165, 1.54) is 18.2 Å². The highest BCUT2D eigenvalue weighted by Crippen LogP contribution is 2.20. The molecule has 2 rings (SSSR count). The van der Waals surface area contributed by atoms with Crippen LogP contribution in [0.3, 0.4) is 0 Å². The van der Waals surface area contributed by atoms with Crippen molar-refractivity contribution in [1.82, 2.24) is 0 Å². The molecule has 3 N–H and O–H groups in total. The molecule has 0 fully saturated rings. The van der Waals surface area contributed by atoms with E-state index in [9.17, 15) is 14.0 Å². The minimum Gasteiger partial charge on any atom is -0.370 e. The molecule has 1 aliphatic rings. The Morgan fingerprint density at radius 1 is 1.25 bits per heavy atom. The van der Waals surface area contributed by atoms with Gasteiger partial charge in [0.1, 0.15) is 5.83 Å². The van der Waals surface area contributed by atoms with Crippen LogP contribution >= 0.6 is 0 Å². The molecule has 0 heterocycles. The standard InChI is InChI=1S/C19H21FN2O2/c20-17-6-2-1-5-15(17)10-13-19(24)22-16-11-8-14(9-12-16)4-3-7-18(21)23/h2,6,8-13H,1,3-5,7H2,(H2,21,23)(H,22,24)/b13-10+. The average Bonchev–Trinajstić information content (AvgIpc) is 2.55. The van der Waals surface area contributed by atoms with Crippen LogP contribution in [-0.2, 0) is 16.0 Å². The van der Waals surface area contributed by atoms with Gasteiger partial charge in [-0.05, 0) is 55.0 Å². The summed E-state index contributed by atoms with van der Waals surface area (Å²) < 4.78 is 13.5. The van der Waals surface area contributed by atoms with Gasteiger partial charge in [-0.15, -0.1) is 0 Å². The summed E-state index contributed by atoms with van der Waals surface area (Å²) in [6.07, 6.45) is 9.29. The van der Waals surface area contributed by atoms with Crippen LogP contribution in [-0.4, -0.2) is 11.8 Å². The van der Waals surface area contributed by atoms with Gasteiger partial charge in [0.2, 0.25) is 11.8 Å². The second kappa shape index (κ2) is 8.82. The molecule has 24 heavy (non-hydrogen) atoms. The largest absolute Gasteiger partial charge is 0.370 e. The van der Waals surface area contributed by atoms with Crippen molar-refractivity contribution in [2.75, 3.05) is 5.32 Å². The fraction of sp³-hybridized carbons (Fsp3) is 0.263. The number of carbonyl (C=O) groups excluding carboxylic acids is 2. The fourth-order valence-electron chi connectivity index (χ4n) is 2.40. The molecular formula is C19H21FN2O2. The summed E-state index contributed by atoms with van der Waals surface area (Å²) in [5.74, 6) is -0.886. The molecule has 0 atom stereocenters. The number of allylic oxidation sites excluding steroid dienone is 5. The normalized spacial score (nSPS) is 14.2. The van der Waals surface area contributed by atoms with E-state index >= 15 is 0 Å². The van der Waals surface area contributed by atoms with Crippen LogP contribution in [0, 0.1) is 0 Å². The minimum absolute atomic E-state index is 0.286. The second-order valence-corrected chi connectivity index (χ2v) is 5.65. The topological polar surface area (TPSA) is 72.2 Å². The SMILES string of the molecule is NC(=O)CCCc1ccc(NC(=O)/C=C/C2=C(F)C=CCC2)cc1. The van der Waals surface area contributed by atoms with Crippen molar-refractivity contribution in [3.8, 4) is 0 Å². The number of aryl methyl sites for hydroxylation is 1. The summed E-state index contributed by atoms with van der Waals surface area (Å²) in [6, 6.07) is 7.39. The third kappa shape index (κ3) is 5.83. The lowest BCUT2D eigenvalue weighted by atomic mass is 10.0. The van der Waals surface area contributed by atoms with Crippen LogP contribution in [0.4, 0.5) is 10.1 Å². The van der Waals surface area contributed by atoms with Crippen LogP contribution in [0.1, 0.15) is 31.2 Å². The van der Waals surface area contributed by atoms with Crippen LogP contribution in [0.25, 0.3) is 0 Å². The molecule has 2 amide bonds. The summed E-state index contributed by atoms with van der Waals surface area (Å²) >= 11 is 0. The van der Waals surface area contributed by atoms with Gasteiger partial charge >= 0.3 is 0 Å². The average molecular weight is 328 g/mol. The number of nitrogens with two attached hydrogens (primary N) is 1. The van der Waals surface area contributed by atoms with E-state index in [4.69, 9.17) is 5.73 Å². The lowest BCUT2D eigenvalue weighted by Crippen LogP contribution is -2.10.